The SMILES string of the molecule is N#Cc1c(N)nc2c(c1N)C(c1ccc(F)cc1)c1ccc(O)cc1O2. The summed E-state index contributed by atoms with van der Waals surface area (Å²) in [5.41, 5.74) is 14.2. The summed E-state index contributed by atoms with van der Waals surface area (Å²) in [5, 5.41) is 19.1. The van der Waals surface area contributed by atoms with Crippen molar-refractivity contribution in [3.05, 3.63) is 70.5 Å². The molecule has 0 fully saturated rings. The van der Waals surface area contributed by atoms with Crippen molar-refractivity contribution in [2.24, 2.45) is 0 Å². The second-order valence-corrected chi connectivity index (χ2v) is 5.93. The van der Waals surface area contributed by atoms with Gasteiger partial charge in [-0.3, -0.25) is 0 Å². The number of benzene rings is 2. The molecule has 0 bridgehead atoms. The Morgan fingerprint density at radius 2 is 1.88 bits per heavy atom. The third kappa shape index (κ3) is 2.28. The van der Waals surface area contributed by atoms with Crippen LogP contribution < -0.4 is 16.2 Å². The molecule has 26 heavy (non-hydrogen) atoms. The van der Waals surface area contributed by atoms with Crippen LogP contribution in [0.4, 0.5) is 15.9 Å². The van der Waals surface area contributed by atoms with Gasteiger partial charge in [0.05, 0.1) is 11.3 Å². The third-order valence-electron chi connectivity index (χ3n) is 4.39. The van der Waals surface area contributed by atoms with Crippen molar-refractivity contribution in [3.8, 4) is 23.4 Å². The van der Waals surface area contributed by atoms with E-state index in [1.54, 1.807) is 18.2 Å². The summed E-state index contributed by atoms with van der Waals surface area (Å²) in [6.45, 7) is 0. The summed E-state index contributed by atoms with van der Waals surface area (Å²) < 4.78 is 19.2. The van der Waals surface area contributed by atoms with Gasteiger partial charge in [-0.05, 0) is 23.8 Å². The molecular formula is C19H13FN4O2. The van der Waals surface area contributed by atoms with Gasteiger partial charge >= 0.3 is 0 Å². The largest absolute Gasteiger partial charge is 0.508 e. The molecule has 3 aromatic rings. The highest BCUT2D eigenvalue weighted by Gasteiger charge is 2.34. The summed E-state index contributed by atoms with van der Waals surface area (Å²) in [5.74, 6) is -0.276. The molecule has 0 saturated heterocycles. The molecule has 1 atom stereocenters. The van der Waals surface area contributed by atoms with E-state index in [1.807, 2.05) is 6.07 Å². The summed E-state index contributed by atoms with van der Waals surface area (Å²) in [6.07, 6.45) is 0. The van der Waals surface area contributed by atoms with Crippen LogP contribution in [-0.4, -0.2) is 10.1 Å². The minimum Gasteiger partial charge on any atom is -0.508 e. The molecule has 1 aliphatic rings. The number of nitrogen functional groups attached to an aromatic ring is 2. The molecule has 0 aliphatic carbocycles. The number of rotatable bonds is 1. The number of ether oxygens (including phenoxy) is 1. The Morgan fingerprint density at radius 1 is 1.15 bits per heavy atom. The van der Waals surface area contributed by atoms with Crippen molar-refractivity contribution in [3.63, 3.8) is 0 Å². The average molecular weight is 348 g/mol. The fraction of sp³-hybridized carbons (Fsp3) is 0.0526. The van der Waals surface area contributed by atoms with Gasteiger partial charge in [-0.2, -0.15) is 10.2 Å². The topological polar surface area (TPSA) is 118 Å². The first kappa shape index (κ1) is 15.7. The Hall–Kier alpha value is -3.79. The van der Waals surface area contributed by atoms with Crippen molar-refractivity contribution in [1.29, 1.82) is 5.26 Å². The monoisotopic (exact) mass is 348 g/mol. The maximum Gasteiger partial charge on any atom is 0.227 e. The maximum atomic E-state index is 13.4. The lowest BCUT2D eigenvalue weighted by Gasteiger charge is -2.29. The smallest absolute Gasteiger partial charge is 0.227 e. The molecule has 0 saturated carbocycles. The number of hydrogen-bond acceptors (Lipinski definition) is 6. The molecule has 5 N–H and O–H groups in total. The normalized spacial score (nSPS) is 14.7. The van der Waals surface area contributed by atoms with Crippen LogP contribution in [0.25, 0.3) is 0 Å². The number of fused-ring (bicyclic) bond motifs is 2. The number of phenolic OH excluding ortho intramolecular Hbond substituents is 1. The van der Waals surface area contributed by atoms with Crippen molar-refractivity contribution in [2.45, 2.75) is 5.92 Å². The molecule has 2 aromatic carbocycles. The summed E-state index contributed by atoms with van der Waals surface area (Å²) in [6, 6.07) is 12.6. The van der Waals surface area contributed by atoms with E-state index in [4.69, 9.17) is 16.2 Å². The maximum absolute atomic E-state index is 13.4. The van der Waals surface area contributed by atoms with Crippen molar-refractivity contribution < 1.29 is 14.2 Å². The molecule has 1 unspecified atom stereocenters. The van der Waals surface area contributed by atoms with Crippen LogP contribution in [0.1, 0.15) is 28.2 Å². The number of nitrogens with two attached hydrogens (primary N) is 2. The highest BCUT2D eigenvalue weighted by atomic mass is 19.1. The first-order valence-electron chi connectivity index (χ1n) is 7.74. The van der Waals surface area contributed by atoms with E-state index in [-0.39, 0.29) is 34.5 Å². The Bertz CT molecular complexity index is 1070. The van der Waals surface area contributed by atoms with Crippen LogP contribution in [0.5, 0.6) is 17.4 Å². The molecule has 7 heteroatoms. The van der Waals surface area contributed by atoms with Crippen LogP contribution in [0.15, 0.2) is 42.5 Å². The molecule has 2 heterocycles. The highest BCUT2D eigenvalue weighted by molar-refractivity contribution is 5.75. The number of pyridine rings is 1. The van der Waals surface area contributed by atoms with Crippen LogP contribution in [0.3, 0.4) is 0 Å². The van der Waals surface area contributed by atoms with Gasteiger partial charge in [-0.1, -0.05) is 18.2 Å². The zero-order valence-electron chi connectivity index (χ0n) is 13.4. The van der Waals surface area contributed by atoms with E-state index >= 15 is 0 Å². The Balaban J connectivity index is 2.04. The molecule has 0 amide bonds. The summed E-state index contributed by atoms with van der Waals surface area (Å²) in [7, 11) is 0. The van der Waals surface area contributed by atoms with Crippen molar-refractivity contribution in [2.75, 3.05) is 11.5 Å². The molecule has 0 radical (unpaired) electrons. The Kier molecular flexibility index (Phi) is 3.41. The quantitative estimate of drug-likeness (QED) is 0.486. The predicted octanol–water partition coefficient (Wildman–Crippen LogP) is 3.25. The Labute approximate surface area is 148 Å². The lowest BCUT2D eigenvalue weighted by molar-refractivity contribution is 0.424. The zero-order chi connectivity index (χ0) is 18.4. The van der Waals surface area contributed by atoms with E-state index in [9.17, 15) is 14.8 Å². The van der Waals surface area contributed by atoms with Crippen LogP contribution in [-0.2, 0) is 0 Å². The minimum absolute atomic E-state index is 0.0274. The number of aromatic hydroxyl groups is 1. The van der Waals surface area contributed by atoms with Gasteiger partial charge in [0.1, 0.15) is 34.8 Å². The number of phenols is 1. The lowest BCUT2D eigenvalue weighted by Crippen LogP contribution is -2.17. The fourth-order valence-corrected chi connectivity index (χ4v) is 3.20. The van der Waals surface area contributed by atoms with E-state index in [1.165, 1.54) is 24.3 Å². The first-order valence-corrected chi connectivity index (χ1v) is 7.74. The number of nitriles is 1. The van der Waals surface area contributed by atoms with E-state index < -0.39 is 5.92 Å². The third-order valence-corrected chi connectivity index (χ3v) is 4.39. The molecule has 1 aromatic heterocycles. The van der Waals surface area contributed by atoms with Crippen molar-refractivity contribution in [1.82, 2.24) is 4.98 Å². The standard InChI is InChI=1S/C19H13FN4O2/c20-10-3-1-9(2-4-10)15-12-6-5-11(25)7-14(12)26-19-16(15)17(22)13(8-21)18(23)24-19/h1-7,15,25H,(H4,22,23,24). The molecule has 1 aliphatic heterocycles. The van der Waals surface area contributed by atoms with E-state index in [2.05, 4.69) is 4.98 Å². The van der Waals surface area contributed by atoms with Crippen molar-refractivity contribution >= 4 is 11.5 Å². The van der Waals surface area contributed by atoms with Gasteiger partial charge in [0.15, 0.2) is 0 Å². The first-order chi connectivity index (χ1) is 12.5. The zero-order valence-corrected chi connectivity index (χ0v) is 13.4. The second kappa shape index (κ2) is 5.63. The predicted molar refractivity (Wildman–Crippen MR) is 93.3 cm³/mol. The van der Waals surface area contributed by atoms with Gasteiger partial charge in [0.2, 0.25) is 5.88 Å². The molecule has 128 valence electrons. The van der Waals surface area contributed by atoms with Gasteiger partial charge in [-0.25, -0.2) is 4.39 Å². The molecule has 0 spiro atoms. The minimum atomic E-state index is -0.449. The summed E-state index contributed by atoms with van der Waals surface area (Å²) in [4.78, 5) is 4.16. The van der Waals surface area contributed by atoms with Gasteiger partial charge < -0.3 is 21.3 Å². The number of aromatic nitrogens is 1. The van der Waals surface area contributed by atoms with Gasteiger partial charge in [0, 0.05) is 17.5 Å². The molecule has 6 nitrogen and oxygen atoms in total. The summed E-state index contributed by atoms with van der Waals surface area (Å²) >= 11 is 0. The molecule has 4 rings (SSSR count). The number of nitrogens with zero attached hydrogens (tertiary/aromatic N) is 2. The fourth-order valence-electron chi connectivity index (χ4n) is 3.20. The second-order valence-electron chi connectivity index (χ2n) is 5.93. The number of anilines is 2. The van der Waals surface area contributed by atoms with Crippen LogP contribution >= 0.6 is 0 Å². The van der Waals surface area contributed by atoms with Gasteiger partial charge in [-0.15, -0.1) is 0 Å². The van der Waals surface area contributed by atoms with Gasteiger partial charge in [0.25, 0.3) is 0 Å². The Morgan fingerprint density at radius 3 is 2.58 bits per heavy atom. The number of hydrogen-bond donors (Lipinski definition) is 3. The van der Waals surface area contributed by atoms with E-state index in [0.717, 1.165) is 5.56 Å². The average Bonchev–Trinajstić information content (AvgIpc) is 2.61. The van der Waals surface area contributed by atoms with Crippen LogP contribution in [0, 0.1) is 17.1 Å². The van der Waals surface area contributed by atoms with E-state index in [0.29, 0.717) is 16.9 Å². The van der Waals surface area contributed by atoms with Crippen LogP contribution in [0.2, 0.25) is 0 Å². The lowest BCUT2D eigenvalue weighted by atomic mass is 9.82. The number of halogens is 1. The highest BCUT2D eigenvalue weighted by Crippen LogP contribution is 2.50. The molecular weight excluding hydrogens is 335 g/mol.